The Balaban J connectivity index is 3.46. The largest absolute Gasteiger partial charge is 0.248 e. The van der Waals surface area contributed by atoms with Gasteiger partial charge < -0.3 is 0 Å². The standard InChI is InChI=1S/C5H3BrIN/c6-5-2-1-4(7)3-8-5/h1-3H/i1D,2D,3D. The summed E-state index contributed by atoms with van der Waals surface area (Å²) in [6.45, 7) is 0. The van der Waals surface area contributed by atoms with Gasteiger partial charge in [0.1, 0.15) is 4.60 Å². The number of rotatable bonds is 0. The lowest BCUT2D eigenvalue weighted by atomic mass is 10.5. The number of pyridine rings is 1. The molecular weight excluding hydrogens is 281 g/mol. The zero-order chi connectivity index (χ0) is 8.59. The van der Waals surface area contributed by atoms with Crippen LogP contribution in [-0.4, -0.2) is 4.98 Å². The third kappa shape index (κ3) is 1.70. The average Bonchev–Trinajstić information content (AvgIpc) is 1.97. The van der Waals surface area contributed by atoms with E-state index in [1.165, 1.54) is 0 Å². The minimum Gasteiger partial charge on any atom is -0.248 e. The van der Waals surface area contributed by atoms with Crippen molar-refractivity contribution >= 4 is 38.5 Å². The second kappa shape index (κ2) is 2.77. The molecule has 1 heterocycles. The molecule has 0 amide bonds. The molecule has 0 N–H and O–H groups in total. The second-order valence-electron chi connectivity index (χ2n) is 1.08. The SMILES string of the molecule is [2H]c1nc(Br)c([2H])c([2H])c1I. The minimum absolute atomic E-state index is 0.0328. The molecule has 0 aliphatic carbocycles. The topological polar surface area (TPSA) is 12.9 Å². The van der Waals surface area contributed by atoms with Crippen molar-refractivity contribution in [3.63, 3.8) is 0 Å². The van der Waals surface area contributed by atoms with Gasteiger partial charge in [-0.05, 0) is 50.6 Å². The summed E-state index contributed by atoms with van der Waals surface area (Å²) in [5, 5.41) is 0. The van der Waals surface area contributed by atoms with Crippen LogP contribution >= 0.6 is 38.5 Å². The molecule has 0 saturated heterocycles. The first kappa shape index (κ1) is 3.51. The Labute approximate surface area is 74.0 Å². The lowest BCUT2D eigenvalue weighted by molar-refractivity contribution is 1.26. The van der Waals surface area contributed by atoms with Crippen molar-refractivity contribution in [2.24, 2.45) is 0 Å². The molecule has 3 heteroatoms. The fourth-order valence-electron chi connectivity index (χ4n) is 0.261. The predicted molar refractivity (Wildman–Crippen MR) is 44.7 cm³/mol. The maximum atomic E-state index is 7.34. The van der Waals surface area contributed by atoms with Crippen LogP contribution in [0.25, 0.3) is 0 Å². The van der Waals surface area contributed by atoms with Gasteiger partial charge in [-0.2, -0.15) is 0 Å². The maximum Gasteiger partial charge on any atom is 0.106 e. The van der Waals surface area contributed by atoms with Gasteiger partial charge in [0.2, 0.25) is 0 Å². The normalized spacial score (nSPS) is 14.5. The van der Waals surface area contributed by atoms with Crippen LogP contribution in [0.1, 0.15) is 4.11 Å². The third-order valence-electron chi connectivity index (χ3n) is 0.528. The monoisotopic (exact) mass is 286 g/mol. The highest BCUT2D eigenvalue weighted by Gasteiger charge is 1.84. The Bertz CT molecular complexity index is 278. The summed E-state index contributed by atoms with van der Waals surface area (Å²) in [4.78, 5) is 3.70. The number of aromatic nitrogens is 1. The van der Waals surface area contributed by atoms with Crippen LogP contribution in [0.5, 0.6) is 0 Å². The van der Waals surface area contributed by atoms with E-state index in [1.807, 2.05) is 22.6 Å². The molecule has 0 aromatic carbocycles. The van der Waals surface area contributed by atoms with Gasteiger partial charge in [-0.25, -0.2) is 4.98 Å². The molecule has 0 bridgehead atoms. The van der Waals surface area contributed by atoms with Crippen LogP contribution in [-0.2, 0) is 0 Å². The van der Waals surface area contributed by atoms with E-state index in [0.717, 1.165) is 0 Å². The molecule has 0 aliphatic heterocycles. The Morgan fingerprint density at radius 1 is 1.75 bits per heavy atom. The van der Waals surface area contributed by atoms with Crippen LogP contribution in [0.4, 0.5) is 0 Å². The van der Waals surface area contributed by atoms with E-state index in [9.17, 15) is 0 Å². The molecule has 0 fully saturated rings. The highest BCUT2D eigenvalue weighted by Crippen LogP contribution is 2.07. The predicted octanol–water partition coefficient (Wildman–Crippen LogP) is 2.45. The van der Waals surface area contributed by atoms with Gasteiger partial charge in [0.25, 0.3) is 0 Å². The lowest BCUT2D eigenvalue weighted by Gasteiger charge is -1.86. The van der Waals surface area contributed by atoms with Crippen molar-refractivity contribution in [1.29, 1.82) is 0 Å². The molecule has 1 aromatic heterocycles. The van der Waals surface area contributed by atoms with E-state index in [2.05, 4.69) is 20.9 Å². The molecule has 1 rings (SSSR count). The van der Waals surface area contributed by atoms with E-state index >= 15 is 0 Å². The number of hydrogen-bond donors (Lipinski definition) is 0. The molecule has 1 aromatic rings. The van der Waals surface area contributed by atoms with Crippen molar-refractivity contribution in [2.45, 2.75) is 0 Å². The Morgan fingerprint density at radius 3 is 3.25 bits per heavy atom. The fourth-order valence-corrected chi connectivity index (χ4v) is 0.704. The zero-order valence-corrected chi connectivity index (χ0v) is 7.45. The van der Waals surface area contributed by atoms with E-state index in [-0.39, 0.29) is 22.9 Å². The Morgan fingerprint density at radius 2 is 2.50 bits per heavy atom. The van der Waals surface area contributed by atoms with Gasteiger partial charge in [-0.3, -0.25) is 0 Å². The quantitative estimate of drug-likeness (QED) is 0.527. The molecular formula is C5H3BrIN. The van der Waals surface area contributed by atoms with E-state index in [0.29, 0.717) is 3.57 Å². The Kier molecular flexibility index (Phi) is 1.22. The van der Waals surface area contributed by atoms with Gasteiger partial charge in [0, 0.05) is 9.74 Å². The summed E-state index contributed by atoms with van der Waals surface area (Å²) < 4.78 is 22.6. The second-order valence-corrected chi connectivity index (χ2v) is 2.91. The minimum atomic E-state index is 0.0328. The zero-order valence-electron chi connectivity index (χ0n) is 6.70. The van der Waals surface area contributed by atoms with E-state index in [4.69, 9.17) is 4.11 Å². The molecule has 42 valence electrons. The fraction of sp³-hybridized carbons (Fsp3) is 0. The first-order valence-electron chi connectivity index (χ1n) is 3.33. The molecule has 0 saturated carbocycles. The maximum absolute atomic E-state index is 7.34. The summed E-state index contributed by atoms with van der Waals surface area (Å²) in [5.41, 5.74) is 0. The van der Waals surface area contributed by atoms with E-state index < -0.39 is 0 Å². The highest BCUT2D eigenvalue weighted by atomic mass is 127. The smallest absolute Gasteiger partial charge is 0.106 e. The summed E-state index contributed by atoms with van der Waals surface area (Å²) in [6, 6.07) is 0.0860. The number of hydrogen-bond acceptors (Lipinski definition) is 1. The number of halogens is 2. The average molecular weight is 287 g/mol. The molecule has 0 spiro atoms. The summed E-state index contributed by atoms with van der Waals surface area (Å²) in [7, 11) is 0. The van der Waals surface area contributed by atoms with Crippen molar-refractivity contribution in [2.75, 3.05) is 0 Å². The molecule has 0 atom stereocenters. The molecule has 8 heavy (non-hydrogen) atoms. The van der Waals surface area contributed by atoms with Gasteiger partial charge in [0.15, 0.2) is 0 Å². The first-order valence-corrected chi connectivity index (χ1v) is 3.70. The summed E-state index contributed by atoms with van der Waals surface area (Å²) >= 11 is 4.82. The highest BCUT2D eigenvalue weighted by molar-refractivity contribution is 14.1. The Hall–Kier alpha value is 0.360. The van der Waals surface area contributed by atoms with E-state index in [1.54, 1.807) is 0 Å². The third-order valence-corrected chi connectivity index (χ3v) is 1.41. The lowest BCUT2D eigenvalue weighted by Crippen LogP contribution is -1.73. The first-order chi connectivity index (χ1) is 5.04. The van der Waals surface area contributed by atoms with Crippen LogP contribution in [0.2, 0.25) is 0 Å². The van der Waals surface area contributed by atoms with Crippen molar-refractivity contribution in [1.82, 2.24) is 4.98 Å². The van der Waals surface area contributed by atoms with Crippen molar-refractivity contribution in [3.8, 4) is 0 Å². The summed E-state index contributed by atoms with van der Waals surface area (Å²) in [6.07, 6.45) is 0.0403. The summed E-state index contributed by atoms with van der Waals surface area (Å²) in [5.74, 6) is 0. The molecule has 1 nitrogen and oxygen atoms in total. The molecule has 0 aliphatic rings. The van der Waals surface area contributed by atoms with Gasteiger partial charge in [-0.1, -0.05) is 0 Å². The van der Waals surface area contributed by atoms with Crippen LogP contribution in [0.3, 0.4) is 0 Å². The van der Waals surface area contributed by atoms with Crippen molar-refractivity contribution in [3.05, 3.63) is 26.4 Å². The van der Waals surface area contributed by atoms with Gasteiger partial charge in [-0.15, -0.1) is 0 Å². The van der Waals surface area contributed by atoms with Crippen LogP contribution < -0.4 is 0 Å². The van der Waals surface area contributed by atoms with Crippen LogP contribution in [0.15, 0.2) is 22.9 Å². The van der Waals surface area contributed by atoms with Crippen LogP contribution in [0, 0.1) is 3.57 Å². The number of nitrogens with zero attached hydrogens (tertiary/aromatic N) is 1. The molecule has 0 radical (unpaired) electrons. The van der Waals surface area contributed by atoms with Gasteiger partial charge in [0.05, 0.1) is 4.11 Å². The van der Waals surface area contributed by atoms with Crippen molar-refractivity contribution < 1.29 is 4.11 Å². The molecule has 0 unspecified atom stereocenters. The van der Waals surface area contributed by atoms with Gasteiger partial charge >= 0.3 is 0 Å².